The second-order valence-electron chi connectivity index (χ2n) is 3.27. The van der Waals surface area contributed by atoms with Crippen molar-refractivity contribution in [2.24, 2.45) is 7.05 Å². The Hall–Kier alpha value is -2.25. The van der Waals surface area contributed by atoms with Gasteiger partial charge < -0.3 is 4.57 Å². The molecule has 0 saturated carbocycles. The second-order valence-corrected chi connectivity index (χ2v) is 3.27. The first kappa shape index (κ1) is 11.8. The highest BCUT2D eigenvalue weighted by Crippen LogP contribution is 2.20. The Labute approximate surface area is 89.4 Å². The molecule has 0 radical (unpaired) electrons. The van der Waals surface area contributed by atoms with Gasteiger partial charge in [-0.3, -0.25) is 25.0 Å². The zero-order valence-electron chi connectivity index (χ0n) is 8.88. The summed E-state index contributed by atoms with van der Waals surface area (Å²) in [5.74, 6) is 0. The molecule has 0 fully saturated rings. The lowest BCUT2D eigenvalue weighted by Crippen LogP contribution is -2.20. The van der Waals surface area contributed by atoms with Crippen molar-refractivity contribution in [2.75, 3.05) is 0 Å². The molecule has 0 saturated heterocycles. The molecule has 8 nitrogen and oxygen atoms in total. The van der Waals surface area contributed by atoms with Gasteiger partial charge in [-0.15, -0.1) is 0 Å². The first-order valence-electron chi connectivity index (χ1n) is 4.28. The highest BCUT2D eigenvalue weighted by atomic mass is 16.6. The van der Waals surface area contributed by atoms with E-state index in [0.29, 0.717) is 0 Å². The molecule has 1 rings (SSSR count). The van der Waals surface area contributed by atoms with E-state index in [1.54, 1.807) is 0 Å². The number of nitro groups is 2. The van der Waals surface area contributed by atoms with E-state index in [1.165, 1.54) is 25.5 Å². The molecule has 8 heteroatoms. The Kier molecular flexibility index (Phi) is 2.75. The van der Waals surface area contributed by atoms with E-state index in [0.717, 1.165) is 0 Å². The van der Waals surface area contributed by atoms with Crippen molar-refractivity contribution in [1.29, 1.82) is 0 Å². The van der Waals surface area contributed by atoms with Gasteiger partial charge in [-0.25, -0.2) is 0 Å². The molecule has 0 N–H and O–H groups in total. The van der Waals surface area contributed by atoms with Gasteiger partial charge in [0.1, 0.15) is 0 Å². The van der Waals surface area contributed by atoms with Gasteiger partial charge in [0.05, 0.1) is 21.2 Å². The van der Waals surface area contributed by atoms with Crippen LogP contribution in [0.3, 0.4) is 0 Å². The monoisotopic (exact) mass is 227 g/mol. The summed E-state index contributed by atoms with van der Waals surface area (Å²) in [4.78, 5) is 31.1. The molecule has 0 unspecified atom stereocenters. The largest absolute Gasteiger partial charge is 0.342 e. The van der Waals surface area contributed by atoms with Crippen LogP contribution in [0.4, 0.5) is 11.4 Å². The normalized spacial score (nSPS) is 10.2. The summed E-state index contributed by atoms with van der Waals surface area (Å²) in [6, 6.07) is 0. The van der Waals surface area contributed by atoms with Gasteiger partial charge >= 0.3 is 16.8 Å². The number of aromatic nitrogens is 1. The fourth-order valence-electron chi connectivity index (χ4n) is 1.44. The average molecular weight is 227 g/mol. The Morgan fingerprint density at radius 2 is 1.31 bits per heavy atom. The van der Waals surface area contributed by atoms with E-state index in [1.807, 2.05) is 0 Å². The molecule has 16 heavy (non-hydrogen) atoms. The topological polar surface area (TPSA) is 108 Å². The van der Waals surface area contributed by atoms with Crippen LogP contribution in [0.5, 0.6) is 0 Å². The van der Waals surface area contributed by atoms with Crippen molar-refractivity contribution >= 4 is 11.4 Å². The minimum Gasteiger partial charge on any atom is -0.340 e. The van der Waals surface area contributed by atoms with Crippen LogP contribution in [-0.4, -0.2) is 14.4 Å². The van der Waals surface area contributed by atoms with Crippen LogP contribution in [0.25, 0.3) is 0 Å². The quantitative estimate of drug-likeness (QED) is 0.548. The van der Waals surface area contributed by atoms with Crippen LogP contribution < -0.4 is 5.43 Å². The number of hydrogen-bond donors (Lipinski definition) is 0. The molecule has 0 aliphatic carbocycles. The van der Waals surface area contributed by atoms with Gasteiger partial charge in [0.2, 0.25) is 0 Å². The van der Waals surface area contributed by atoms with Crippen LogP contribution in [-0.2, 0) is 7.05 Å². The first-order valence-corrected chi connectivity index (χ1v) is 4.28. The summed E-state index contributed by atoms with van der Waals surface area (Å²) >= 11 is 0. The molecule has 1 heterocycles. The number of rotatable bonds is 2. The van der Waals surface area contributed by atoms with E-state index in [-0.39, 0.29) is 11.4 Å². The van der Waals surface area contributed by atoms with Crippen LogP contribution in [0.2, 0.25) is 0 Å². The molecule has 1 aromatic heterocycles. The molecule has 0 aliphatic heterocycles. The molecule has 0 amide bonds. The number of hydrogen-bond acceptors (Lipinski definition) is 5. The van der Waals surface area contributed by atoms with Crippen molar-refractivity contribution in [2.45, 2.75) is 13.8 Å². The van der Waals surface area contributed by atoms with Crippen molar-refractivity contribution in [3.05, 3.63) is 41.8 Å². The first-order chi connectivity index (χ1) is 7.29. The van der Waals surface area contributed by atoms with Gasteiger partial charge in [0, 0.05) is 7.05 Å². The minimum atomic E-state index is -1.15. The van der Waals surface area contributed by atoms with Crippen LogP contribution in [0, 0.1) is 34.1 Å². The van der Waals surface area contributed by atoms with Gasteiger partial charge in [0.15, 0.2) is 0 Å². The molecule has 86 valence electrons. The van der Waals surface area contributed by atoms with Gasteiger partial charge in [0.25, 0.3) is 0 Å². The van der Waals surface area contributed by atoms with E-state index in [9.17, 15) is 25.0 Å². The lowest BCUT2D eigenvalue weighted by Gasteiger charge is -2.08. The predicted molar refractivity (Wildman–Crippen MR) is 54.5 cm³/mol. The fraction of sp³-hybridized carbons (Fsp3) is 0.375. The van der Waals surface area contributed by atoms with Crippen molar-refractivity contribution < 1.29 is 9.85 Å². The van der Waals surface area contributed by atoms with Crippen molar-refractivity contribution in [3.8, 4) is 0 Å². The lowest BCUT2D eigenvalue weighted by atomic mass is 10.2. The van der Waals surface area contributed by atoms with Crippen LogP contribution in [0.1, 0.15) is 11.4 Å². The number of nitrogens with zero attached hydrogens (tertiary/aromatic N) is 3. The van der Waals surface area contributed by atoms with E-state index < -0.39 is 26.7 Å². The Balaban J connectivity index is 3.88. The summed E-state index contributed by atoms with van der Waals surface area (Å²) in [6.07, 6.45) is 0. The van der Waals surface area contributed by atoms with Gasteiger partial charge in [-0.1, -0.05) is 0 Å². The maximum absolute atomic E-state index is 11.5. The molecule has 0 spiro atoms. The van der Waals surface area contributed by atoms with E-state index in [2.05, 4.69) is 0 Å². The predicted octanol–water partition coefficient (Wildman–Crippen LogP) is 0.819. The maximum Gasteiger partial charge on any atom is 0.342 e. The summed E-state index contributed by atoms with van der Waals surface area (Å²) < 4.78 is 1.26. The Bertz CT molecular complexity index is 501. The minimum absolute atomic E-state index is 0.0955. The second kappa shape index (κ2) is 3.72. The van der Waals surface area contributed by atoms with E-state index in [4.69, 9.17) is 0 Å². The summed E-state index contributed by atoms with van der Waals surface area (Å²) in [7, 11) is 1.43. The van der Waals surface area contributed by atoms with Crippen LogP contribution in [0.15, 0.2) is 4.79 Å². The van der Waals surface area contributed by atoms with Crippen molar-refractivity contribution in [3.63, 3.8) is 0 Å². The third-order valence-electron chi connectivity index (χ3n) is 2.49. The molecular formula is C8H9N3O5. The average Bonchev–Trinajstić information content (AvgIpc) is 2.13. The SMILES string of the molecule is Cc1c([N+](=O)[O-])c(=O)c([N+](=O)[O-])c(C)n1C. The summed E-state index contributed by atoms with van der Waals surface area (Å²) in [5, 5.41) is 21.3. The zero-order chi connectivity index (χ0) is 12.6. The van der Waals surface area contributed by atoms with Crippen molar-refractivity contribution in [1.82, 2.24) is 4.57 Å². The molecule has 0 bridgehead atoms. The Morgan fingerprint density at radius 1 is 1.00 bits per heavy atom. The Morgan fingerprint density at radius 3 is 1.56 bits per heavy atom. The maximum atomic E-state index is 11.5. The molecule has 0 aromatic carbocycles. The van der Waals surface area contributed by atoms with Gasteiger partial charge in [-0.05, 0) is 13.8 Å². The zero-order valence-corrected chi connectivity index (χ0v) is 8.88. The third kappa shape index (κ3) is 1.53. The molecule has 0 atom stereocenters. The lowest BCUT2D eigenvalue weighted by molar-refractivity contribution is -0.397. The highest BCUT2D eigenvalue weighted by molar-refractivity contribution is 5.48. The standard InChI is InChI=1S/C8H9N3O5/c1-4-6(10(13)14)8(12)7(11(15)16)5(2)9(4)3/h1-3H3. The number of pyridine rings is 1. The smallest absolute Gasteiger partial charge is 0.340 e. The molecular weight excluding hydrogens is 218 g/mol. The molecule has 1 aromatic rings. The highest BCUT2D eigenvalue weighted by Gasteiger charge is 2.30. The molecule has 0 aliphatic rings. The van der Waals surface area contributed by atoms with Crippen LogP contribution >= 0.6 is 0 Å². The third-order valence-corrected chi connectivity index (χ3v) is 2.49. The fourth-order valence-corrected chi connectivity index (χ4v) is 1.44. The summed E-state index contributed by atoms with van der Waals surface area (Å²) in [6.45, 7) is 2.74. The van der Waals surface area contributed by atoms with E-state index >= 15 is 0 Å². The van der Waals surface area contributed by atoms with Gasteiger partial charge in [-0.2, -0.15) is 0 Å². The summed E-state index contributed by atoms with van der Waals surface area (Å²) in [5.41, 5.74) is -2.46.